The molecule has 1 unspecified atom stereocenters. The molecule has 23 heavy (non-hydrogen) atoms. The molecule has 3 rings (SSSR count). The summed E-state index contributed by atoms with van der Waals surface area (Å²) in [5.74, 6) is 0.492. The van der Waals surface area contributed by atoms with Crippen molar-refractivity contribution in [1.29, 1.82) is 0 Å². The number of nitrogens with one attached hydrogen (secondary N) is 1. The van der Waals surface area contributed by atoms with Crippen molar-refractivity contribution in [3.8, 4) is 0 Å². The van der Waals surface area contributed by atoms with Crippen molar-refractivity contribution >= 4 is 21.9 Å². The molecule has 1 saturated heterocycles. The summed E-state index contributed by atoms with van der Waals surface area (Å²) in [6.07, 6.45) is 3.98. The summed E-state index contributed by atoms with van der Waals surface area (Å²) in [5.41, 5.74) is 1.94. The monoisotopic (exact) mass is 378 g/mol. The molecule has 1 aliphatic heterocycles. The van der Waals surface area contributed by atoms with Crippen molar-refractivity contribution in [3.63, 3.8) is 0 Å². The highest BCUT2D eigenvalue weighted by molar-refractivity contribution is 9.10. The highest BCUT2D eigenvalue weighted by atomic mass is 79.9. The van der Waals surface area contributed by atoms with Crippen LogP contribution in [0.1, 0.15) is 24.1 Å². The van der Waals surface area contributed by atoms with E-state index in [9.17, 15) is 4.39 Å². The SMILES string of the molecule is Cc1ccnc(NC2CCCN(Cc3cc(F)ccc3Br)C2)n1. The second-order valence-corrected chi connectivity index (χ2v) is 6.83. The van der Waals surface area contributed by atoms with Crippen molar-refractivity contribution in [1.82, 2.24) is 14.9 Å². The molecular formula is C17H20BrFN4. The molecular weight excluding hydrogens is 359 g/mol. The minimum atomic E-state index is -0.192. The van der Waals surface area contributed by atoms with Crippen LogP contribution in [-0.4, -0.2) is 34.0 Å². The minimum Gasteiger partial charge on any atom is -0.350 e. The van der Waals surface area contributed by atoms with Gasteiger partial charge >= 0.3 is 0 Å². The van der Waals surface area contributed by atoms with Crippen LogP contribution in [0.15, 0.2) is 34.9 Å². The summed E-state index contributed by atoms with van der Waals surface area (Å²) in [5, 5.41) is 3.41. The van der Waals surface area contributed by atoms with Crippen molar-refractivity contribution in [2.75, 3.05) is 18.4 Å². The van der Waals surface area contributed by atoms with Crippen molar-refractivity contribution < 1.29 is 4.39 Å². The van der Waals surface area contributed by atoms with E-state index in [-0.39, 0.29) is 5.82 Å². The molecule has 0 saturated carbocycles. The van der Waals surface area contributed by atoms with Gasteiger partial charge in [0.25, 0.3) is 0 Å². The number of anilines is 1. The van der Waals surface area contributed by atoms with Crippen LogP contribution in [-0.2, 0) is 6.54 Å². The van der Waals surface area contributed by atoms with Crippen LogP contribution in [0.25, 0.3) is 0 Å². The Morgan fingerprint density at radius 3 is 3.09 bits per heavy atom. The first-order valence-corrected chi connectivity index (χ1v) is 8.62. The van der Waals surface area contributed by atoms with Crippen LogP contribution < -0.4 is 5.32 Å². The van der Waals surface area contributed by atoms with Gasteiger partial charge in [-0.15, -0.1) is 0 Å². The molecule has 0 spiro atoms. The maximum atomic E-state index is 13.4. The zero-order valence-electron chi connectivity index (χ0n) is 13.1. The molecule has 1 aliphatic rings. The highest BCUT2D eigenvalue weighted by Gasteiger charge is 2.21. The van der Waals surface area contributed by atoms with Gasteiger partial charge in [-0.1, -0.05) is 15.9 Å². The molecule has 0 bridgehead atoms. The van der Waals surface area contributed by atoms with E-state index in [1.807, 2.05) is 13.0 Å². The van der Waals surface area contributed by atoms with Gasteiger partial charge in [0.05, 0.1) is 0 Å². The Morgan fingerprint density at radius 2 is 2.26 bits per heavy atom. The van der Waals surface area contributed by atoms with E-state index < -0.39 is 0 Å². The minimum absolute atomic E-state index is 0.192. The van der Waals surface area contributed by atoms with E-state index in [4.69, 9.17) is 0 Å². The summed E-state index contributed by atoms with van der Waals surface area (Å²) < 4.78 is 14.4. The van der Waals surface area contributed by atoms with Crippen molar-refractivity contribution in [3.05, 3.63) is 52.0 Å². The zero-order valence-corrected chi connectivity index (χ0v) is 14.7. The molecule has 0 amide bonds. The van der Waals surface area contributed by atoms with Gasteiger partial charge < -0.3 is 5.32 Å². The lowest BCUT2D eigenvalue weighted by Crippen LogP contribution is -2.42. The maximum Gasteiger partial charge on any atom is 0.223 e. The third-order valence-corrected chi connectivity index (χ3v) is 4.81. The summed E-state index contributed by atoms with van der Waals surface area (Å²) >= 11 is 3.51. The summed E-state index contributed by atoms with van der Waals surface area (Å²) in [6, 6.07) is 7.05. The number of likely N-dealkylation sites (tertiary alicyclic amines) is 1. The molecule has 6 heteroatoms. The lowest BCUT2D eigenvalue weighted by atomic mass is 10.0. The van der Waals surface area contributed by atoms with Crippen LogP contribution in [0.4, 0.5) is 10.3 Å². The average Bonchev–Trinajstić information content (AvgIpc) is 2.51. The summed E-state index contributed by atoms with van der Waals surface area (Å²) in [6.45, 7) is 4.63. The number of hydrogen-bond donors (Lipinski definition) is 1. The summed E-state index contributed by atoms with van der Waals surface area (Å²) in [7, 11) is 0. The number of hydrogen-bond acceptors (Lipinski definition) is 4. The normalized spacial score (nSPS) is 18.8. The van der Waals surface area contributed by atoms with Crippen molar-refractivity contribution in [2.24, 2.45) is 0 Å². The standard InChI is InChI=1S/C17H20BrFN4/c1-12-6-7-20-17(21-12)22-15-3-2-8-23(11-15)10-13-9-14(19)4-5-16(13)18/h4-7,9,15H,2-3,8,10-11H2,1H3,(H,20,21,22). The molecule has 1 aromatic heterocycles. The smallest absolute Gasteiger partial charge is 0.223 e. The zero-order chi connectivity index (χ0) is 16.2. The van der Waals surface area contributed by atoms with Gasteiger partial charge in [-0.05, 0) is 56.1 Å². The average molecular weight is 379 g/mol. The topological polar surface area (TPSA) is 41.1 Å². The van der Waals surface area contributed by atoms with Crippen LogP contribution in [0.5, 0.6) is 0 Å². The second kappa shape index (κ2) is 7.36. The first-order valence-electron chi connectivity index (χ1n) is 7.82. The molecule has 4 nitrogen and oxygen atoms in total. The van der Waals surface area contributed by atoms with E-state index in [0.29, 0.717) is 12.0 Å². The first-order chi connectivity index (χ1) is 11.1. The number of rotatable bonds is 4. The van der Waals surface area contributed by atoms with Gasteiger partial charge in [-0.25, -0.2) is 14.4 Å². The molecule has 1 N–H and O–H groups in total. The van der Waals surface area contributed by atoms with E-state index in [1.54, 1.807) is 18.3 Å². The third-order valence-electron chi connectivity index (χ3n) is 4.04. The predicted octanol–water partition coefficient (Wildman–Crippen LogP) is 3.76. The Balaban J connectivity index is 1.63. The molecule has 1 fully saturated rings. The molecule has 122 valence electrons. The maximum absolute atomic E-state index is 13.4. The van der Waals surface area contributed by atoms with Crippen LogP contribution in [0, 0.1) is 12.7 Å². The first kappa shape index (κ1) is 16.3. The Kier molecular flexibility index (Phi) is 5.23. The number of aromatic nitrogens is 2. The number of piperidine rings is 1. The molecule has 1 atom stereocenters. The van der Waals surface area contributed by atoms with Crippen LogP contribution in [0.3, 0.4) is 0 Å². The molecule has 1 aromatic carbocycles. The fourth-order valence-electron chi connectivity index (χ4n) is 2.92. The van der Waals surface area contributed by atoms with Gasteiger partial charge in [0.1, 0.15) is 5.82 Å². The Labute approximate surface area is 144 Å². The van der Waals surface area contributed by atoms with E-state index in [1.165, 1.54) is 6.07 Å². The molecule has 2 aromatic rings. The van der Waals surface area contributed by atoms with Gasteiger partial charge in [-0.2, -0.15) is 0 Å². The fourth-order valence-corrected chi connectivity index (χ4v) is 3.30. The predicted molar refractivity (Wildman–Crippen MR) is 92.8 cm³/mol. The second-order valence-electron chi connectivity index (χ2n) is 5.98. The lowest BCUT2D eigenvalue weighted by Gasteiger charge is -2.33. The van der Waals surface area contributed by atoms with Gasteiger partial charge in [0.15, 0.2) is 0 Å². The summed E-state index contributed by atoms with van der Waals surface area (Å²) in [4.78, 5) is 11.0. The fraction of sp³-hybridized carbons (Fsp3) is 0.412. The molecule has 0 radical (unpaired) electrons. The third kappa shape index (κ3) is 4.48. The Hall–Kier alpha value is -1.53. The quantitative estimate of drug-likeness (QED) is 0.878. The molecule has 0 aliphatic carbocycles. The van der Waals surface area contributed by atoms with E-state index in [2.05, 4.69) is 36.1 Å². The Morgan fingerprint density at radius 1 is 1.39 bits per heavy atom. The van der Waals surface area contributed by atoms with E-state index in [0.717, 1.165) is 48.2 Å². The van der Waals surface area contributed by atoms with Gasteiger partial charge in [0.2, 0.25) is 5.95 Å². The molecule has 2 heterocycles. The van der Waals surface area contributed by atoms with Crippen LogP contribution in [0.2, 0.25) is 0 Å². The largest absolute Gasteiger partial charge is 0.350 e. The highest BCUT2D eigenvalue weighted by Crippen LogP contribution is 2.22. The van der Waals surface area contributed by atoms with Gasteiger partial charge in [-0.3, -0.25) is 4.90 Å². The van der Waals surface area contributed by atoms with Crippen molar-refractivity contribution in [2.45, 2.75) is 32.4 Å². The number of halogens is 2. The van der Waals surface area contributed by atoms with Gasteiger partial charge in [0, 0.05) is 35.5 Å². The Bertz CT molecular complexity index is 679. The number of benzene rings is 1. The van der Waals surface area contributed by atoms with Crippen LogP contribution >= 0.6 is 15.9 Å². The number of aryl methyl sites for hydroxylation is 1. The number of nitrogens with zero attached hydrogens (tertiary/aromatic N) is 3. The lowest BCUT2D eigenvalue weighted by molar-refractivity contribution is 0.207. The van der Waals surface area contributed by atoms with E-state index >= 15 is 0 Å².